The molecule has 2 aromatic carbocycles. The minimum Gasteiger partial charge on any atom is -0.435 e. The Balaban J connectivity index is 2.09. The Kier molecular flexibility index (Phi) is 4.88. The van der Waals surface area contributed by atoms with E-state index in [1.165, 1.54) is 12.1 Å². The second-order valence-electron chi connectivity index (χ2n) is 6.01. The summed E-state index contributed by atoms with van der Waals surface area (Å²) in [4.78, 5) is 17.2. The van der Waals surface area contributed by atoms with Crippen molar-refractivity contribution in [2.24, 2.45) is 10.7 Å². The quantitative estimate of drug-likeness (QED) is 0.833. The second kappa shape index (κ2) is 7.11. The number of alkyl halides is 2. The van der Waals surface area contributed by atoms with E-state index in [4.69, 9.17) is 5.73 Å². The zero-order valence-electron chi connectivity index (χ0n) is 14.2. The van der Waals surface area contributed by atoms with E-state index in [0.29, 0.717) is 11.1 Å². The molecule has 1 heterocycles. The number of hydrogen-bond donors (Lipinski definition) is 2. The van der Waals surface area contributed by atoms with E-state index in [-0.39, 0.29) is 17.6 Å². The van der Waals surface area contributed by atoms with E-state index in [0.717, 1.165) is 18.4 Å². The smallest absolute Gasteiger partial charge is 0.387 e. The molecule has 0 bridgehead atoms. The molecule has 5 nitrogen and oxygen atoms in total. The molecule has 0 unspecified atom stereocenters. The number of aryl methyl sites for hydroxylation is 1. The number of guanidine groups is 1. The van der Waals surface area contributed by atoms with Crippen LogP contribution in [0.3, 0.4) is 0 Å². The monoisotopic (exact) mass is 359 g/mol. The molecule has 136 valence electrons. The first-order valence-corrected chi connectivity index (χ1v) is 8.27. The molecule has 7 heteroatoms. The Labute approximate surface area is 149 Å². The van der Waals surface area contributed by atoms with Crippen LogP contribution in [0.25, 0.3) is 0 Å². The van der Waals surface area contributed by atoms with Gasteiger partial charge in [0, 0.05) is 0 Å². The van der Waals surface area contributed by atoms with Gasteiger partial charge in [-0.05, 0) is 35.2 Å². The van der Waals surface area contributed by atoms with Crippen molar-refractivity contribution in [1.29, 1.82) is 0 Å². The zero-order chi connectivity index (χ0) is 18.7. The molecular formula is C19H19F2N3O2. The fraction of sp³-hybridized carbons (Fsp3) is 0.263. The second-order valence-corrected chi connectivity index (χ2v) is 6.01. The van der Waals surface area contributed by atoms with Crippen LogP contribution in [-0.2, 0) is 16.8 Å². The van der Waals surface area contributed by atoms with Crippen molar-refractivity contribution in [3.63, 3.8) is 0 Å². The van der Waals surface area contributed by atoms with Gasteiger partial charge < -0.3 is 10.5 Å². The van der Waals surface area contributed by atoms with Crippen LogP contribution in [-0.4, -0.2) is 18.5 Å². The fourth-order valence-corrected chi connectivity index (χ4v) is 3.14. The third-order valence-electron chi connectivity index (χ3n) is 4.24. The number of hydrogen-bond acceptors (Lipinski definition) is 4. The van der Waals surface area contributed by atoms with Gasteiger partial charge >= 0.3 is 6.61 Å². The van der Waals surface area contributed by atoms with E-state index in [1.807, 2.05) is 24.3 Å². The summed E-state index contributed by atoms with van der Waals surface area (Å²) < 4.78 is 29.1. The topological polar surface area (TPSA) is 76.7 Å². The molecule has 3 N–H and O–H groups in total. The van der Waals surface area contributed by atoms with Gasteiger partial charge in [-0.3, -0.25) is 10.1 Å². The lowest BCUT2D eigenvalue weighted by Gasteiger charge is -2.25. The number of nitrogens with zero attached hydrogens (tertiary/aromatic N) is 1. The summed E-state index contributed by atoms with van der Waals surface area (Å²) >= 11 is 0. The summed E-state index contributed by atoms with van der Waals surface area (Å²) in [5.41, 5.74) is 6.68. The third-order valence-corrected chi connectivity index (χ3v) is 4.24. The standard InChI is InChI=1S/C19H19F2N3O2/c1-2-4-12-5-3-6-14(11-12)19(16(25)23-18(22)24-19)13-7-9-15(10-8-13)26-17(20)21/h3,5-11,17H,2,4H2,1H3,(H3,22,23,24,25)/t19-/m0/s1. The van der Waals surface area contributed by atoms with E-state index in [1.54, 1.807) is 12.1 Å². The van der Waals surface area contributed by atoms with Crippen molar-refractivity contribution in [3.05, 3.63) is 65.2 Å². The van der Waals surface area contributed by atoms with Gasteiger partial charge in [-0.1, -0.05) is 49.7 Å². The number of benzene rings is 2. The van der Waals surface area contributed by atoms with Crippen molar-refractivity contribution >= 4 is 11.9 Å². The highest BCUT2D eigenvalue weighted by molar-refractivity contribution is 6.09. The van der Waals surface area contributed by atoms with Crippen LogP contribution in [0.1, 0.15) is 30.0 Å². The van der Waals surface area contributed by atoms with Crippen molar-refractivity contribution in [1.82, 2.24) is 5.32 Å². The number of rotatable bonds is 6. The number of carbonyl (C=O) groups excluding carboxylic acids is 1. The van der Waals surface area contributed by atoms with Crippen LogP contribution in [0.2, 0.25) is 0 Å². The molecule has 26 heavy (non-hydrogen) atoms. The lowest BCUT2D eigenvalue weighted by atomic mass is 9.82. The van der Waals surface area contributed by atoms with Gasteiger partial charge in [-0.25, -0.2) is 4.99 Å². The third kappa shape index (κ3) is 3.24. The Morgan fingerprint density at radius 3 is 2.50 bits per heavy atom. The van der Waals surface area contributed by atoms with Crippen molar-refractivity contribution < 1.29 is 18.3 Å². The first-order valence-electron chi connectivity index (χ1n) is 8.27. The highest BCUT2D eigenvalue weighted by Crippen LogP contribution is 2.38. The molecule has 0 spiro atoms. The highest BCUT2D eigenvalue weighted by atomic mass is 19.3. The first kappa shape index (κ1) is 17.8. The zero-order valence-corrected chi connectivity index (χ0v) is 14.2. The van der Waals surface area contributed by atoms with E-state index in [9.17, 15) is 13.6 Å². The normalized spacial score (nSPS) is 19.4. The molecule has 2 aromatic rings. The van der Waals surface area contributed by atoms with Crippen LogP contribution in [0.4, 0.5) is 8.78 Å². The molecule has 0 radical (unpaired) electrons. The summed E-state index contributed by atoms with van der Waals surface area (Å²) in [5, 5.41) is 2.54. The lowest BCUT2D eigenvalue weighted by Crippen LogP contribution is -2.39. The van der Waals surface area contributed by atoms with Crippen molar-refractivity contribution in [3.8, 4) is 5.75 Å². The molecule has 1 aliphatic heterocycles. The predicted octanol–water partition coefficient (Wildman–Crippen LogP) is 2.93. The summed E-state index contributed by atoms with van der Waals surface area (Å²) in [6.45, 7) is -0.841. The number of nitrogens with two attached hydrogens (primary N) is 1. The van der Waals surface area contributed by atoms with Gasteiger partial charge in [0.05, 0.1) is 0 Å². The largest absolute Gasteiger partial charge is 0.435 e. The van der Waals surface area contributed by atoms with Gasteiger partial charge in [-0.2, -0.15) is 8.78 Å². The molecule has 1 amide bonds. The summed E-state index contributed by atoms with van der Waals surface area (Å²) in [6, 6.07) is 13.5. The predicted molar refractivity (Wildman–Crippen MR) is 94.1 cm³/mol. The lowest BCUT2D eigenvalue weighted by molar-refractivity contribution is -0.122. The van der Waals surface area contributed by atoms with Gasteiger partial charge in [0.25, 0.3) is 5.91 Å². The molecule has 0 saturated heterocycles. The van der Waals surface area contributed by atoms with Crippen molar-refractivity contribution in [2.45, 2.75) is 31.9 Å². The highest BCUT2D eigenvalue weighted by Gasteiger charge is 2.46. The van der Waals surface area contributed by atoms with E-state index >= 15 is 0 Å². The van der Waals surface area contributed by atoms with Crippen LogP contribution < -0.4 is 15.8 Å². The minimum absolute atomic E-state index is 0.00832. The summed E-state index contributed by atoms with van der Waals surface area (Å²) in [7, 11) is 0. The van der Waals surface area contributed by atoms with Gasteiger partial charge in [0.2, 0.25) is 0 Å². The molecule has 3 rings (SSSR count). The Hall–Kier alpha value is -2.96. The fourth-order valence-electron chi connectivity index (χ4n) is 3.14. The summed E-state index contributed by atoms with van der Waals surface area (Å²) in [6.07, 6.45) is 1.83. The van der Waals surface area contributed by atoms with Gasteiger partial charge in [0.15, 0.2) is 11.5 Å². The first-order chi connectivity index (χ1) is 12.5. The number of carbonyl (C=O) groups is 1. The number of halogens is 2. The maximum Gasteiger partial charge on any atom is 0.387 e. The summed E-state index contributed by atoms with van der Waals surface area (Å²) in [5.74, 6) is -0.357. The van der Waals surface area contributed by atoms with Gasteiger partial charge in [-0.15, -0.1) is 0 Å². The molecular weight excluding hydrogens is 340 g/mol. The number of ether oxygens (including phenoxy) is 1. The maximum atomic E-state index is 12.8. The number of amides is 1. The van der Waals surface area contributed by atoms with Crippen LogP contribution in [0, 0.1) is 0 Å². The Morgan fingerprint density at radius 1 is 1.19 bits per heavy atom. The Bertz CT molecular complexity index is 837. The average Bonchev–Trinajstić information content (AvgIpc) is 2.91. The molecule has 0 saturated carbocycles. The van der Waals surface area contributed by atoms with Crippen LogP contribution in [0.15, 0.2) is 53.5 Å². The van der Waals surface area contributed by atoms with Crippen LogP contribution >= 0.6 is 0 Å². The number of aliphatic imine (C=N–C) groups is 1. The number of nitrogens with one attached hydrogen (secondary N) is 1. The maximum absolute atomic E-state index is 12.8. The van der Waals surface area contributed by atoms with E-state index < -0.39 is 12.2 Å². The average molecular weight is 359 g/mol. The minimum atomic E-state index is -2.91. The Morgan fingerprint density at radius 2 is 1.92 bits per heavy atom. The van der Waals surface area contributed by atoms with Crippen LogP contribution in [0.5, 0.6) is 5.75 Å². The molecule has 0 aliphatic carbocycles. The van der Waals surface area contributed by atoms with E-state index in [2.05, 4.69) is 22.0 Å². The molecule has 1 atom stereocenters. The molecule has 1 aliphatic rings. The molecule has 0 aromatic heterocycles. The van der Waals surface area contributed by atoms with Gasteiger partial charge in [0.1, 0.15) is 5.75 Å². The van der Waals surface area contributed by atoms with Crippen molar-refractivity contribution in [2.75, 3.05) is 0 Å². The SMILES string of the molecule is CCCc1cccc([C@]2(c3ccc(OC(F)F)cc3)N=C(N)NC2=O)c1. The molecule has 0 fully saturated rings.